The molecule has 2 atom stereocenters. The number of fused-ring (bicyclic) bond motifs is 5. The molecule has 7 aromatic rings. The zero-order chi connectivity index (χ0) is 35.6. The molecule has 53 heavy (non-hydrogen) atoms. The highest BCUT2D eigenvalue weighted by Crippen LogP contribution is 2.50. The molecule has 0 spiro atoms. The van der Waals surface area contributed by atoms with Crippen molar-refractivity contribution < 1.29 is 13.9 Å². The highest BCUT2D eigenvalue weighted by Gasteiger charge is 2.45. The Morgan fingerprint density at radius 1 is 1.02 bits per heavy atom. The molecule has 0 radical (unpaired) electrons. The number of aryl methyl sites for hydroxylation is 2. The van der Waals surface area contributed by atoms with Crippen molar-refractivity contribution in [3.8, 4) is 33.3 Å². The van der Waals surface area contributed by atoms with E-state index in [-0.39, 0.29) is 23.9 Å². The van der Waals surface area contributed by atoms with Crippen molar-refractivity contribution in [3.63, 3.8) is 0 Å². The van der Waals surface area contributed by atoms with E-state index in [1.165, 1.54) is 11.1 Å². The van der Waals surface area contributed by atoms with Gasteiger partial charge in [-0.25, -0.2) is 19.6 Å². The van der Waals surface area contributed by atoms with Gasteiger partial charge in [-0.2, -0.15) is 5.10 Å². The number of hydrogen-bond donors (Lipinski definition) is 2. The van der Waals surface area contributed by atoms with Gasteiger partial charge in [0.25, 0.3) is 11.8 Å². The van der Waals surface area contributed by atoms with Crippen LogP contribution in [0.3, 0.4) is 0 Å². The van der Waals surface area contributed by atoms with Gasteiger partial charge < -0.3 is 19.4 Å². The number of thiophene rings is 1. The highest BCUT2D eigenvalue weighted by molar-refractivity contribution is 7.23. The van der Waals surface area contributed by atoms with Gasteiger partial charge in [0, 0.05) is 35.6 Å². The lowest BCUT2D eigenvalue weighted by Crippen LogP contribution is -2.22. The van der Waals surface area contributed by atoms with Gasteiger partial charge in [-0.15, -0.1) is 16.4 Å². The van der Waals surface area contributed by atoms with Gasteiger partial charge in [-0.05, 0) is 97.0 Å². The van der Waals surface area contributed by atoms with E-state index in [4.69, 9.17) is 19.1 Å². The van der Waals surface area contributed by atoms with E-state index in [1.54, 1.807) is 24.6 Å². The summed E-state index contributed by atoms with van der Waals surface area (Å²) in [4.78, 5) is 39.6. The van der Waals surface area contributed by atoms with Gasteiger partial charge in [0.05, 0.1) is 52.1 Å². The normalized spacial score (nSPS) is 17.4. The van der Waals surface area contributed by atoms with Crippen molar-refractivity contribution >= 4 is 33.1 Å². The third-order valence-corrected chi connectivity index (χ3v) is 12.0. The lowest BCUT2D eigenvalue weighted by atomic mass is 9.93. The fraction of sp³-hybridized carbons (Fsp3) is 0.250. The van der Waals surface area contributed by atoms with E-state index in [0.717, 1.165) is 74.9 Å². The summed E-state index contributed by atoms with van der Waals surface area (Å²) in [6.45, 7) is 0.683. The van der Waals surface area contributed by atoms with Crippen LogP contribution in [0.5, 0.6) is 5.75 Å². The second-order valence-corrected chi connectivity index (χ2v) is 14.8. The SMILES string of the molecule is COc1cccc2c1CC[C@@H]2Nc1nccc2cc(-c3c4c(nc(CCc5ccc(-n6cccn6)cc5)c3-c3n[nH]c(=O)o3)[C@@H]3CCCN3C4=O)sc12. The summed E-state index contributed by atoms with van der Waals surface area (Å²) in [5.74, 6) is 1.10. The van der Waals surface area contributed by atoms with Crippen LogP contribution < -0.4 is 15.8 Å². The number of aromatic amines is 1. The van der Waals surface area contributed by atoms with Crippen molar-refractivity contribution in [2.75, 3.05) is 19.0 Å². The van der Waals surface area contributed by atoms with E-state index >= 15 is 0 Å². The van der Waals surface area contributed by atoms with Crippen LogP contribution in [0.2, 0.25) is 0 Å². The van der Waals surface area contributed by atoms with E-state index in [0.29, 0.717) is 36.1 Å². The Morgan fingerprint density at radius 3 is 2.74 bits per heavy atom. The van der Waals surface area contributed by atoms with Crippen LogP contribution >= 0.6 is 11.3 Å². The summed E-state index contributed by atoms with van der Waals surface area (Å²) in [5.41, 5.74) is 7.89. The number of methoxy groups -OCH3 is 1. The molecule has 264 valence electrons. The number of rotatable bonds is 9. The number of benzene rings is 2. The Hall–Kier alpha value is -6.08. The van der Waals surface area contributed by atoms with E-state index in [1.807, 2.05) is 58.4 Å². The van der Waals surface area contributed by atoms with Crippen LogP contribution in [0.1, 0.15) is 69.8 Å². The van der Waals surface area contributed by atoms with Crippen LogP contribution in [0.4, 0.5) is 5.82 Å². The number of carbonyl (C=O) groups is 1. The number of ether oxygens (including phenoxy) is 1. The summed E-state index contributed by atoms with van der Waals surface area (Å²) in [6, 6.07) is 20.5. The zero-order valence-corrected chi connectivity index (χ0v) is 29.7. The van der Waals surface area contributed by atoms with Gasteiger partial charge in [-0.3, -0.25) is 9.78 Å². The predicted octanol–water partition coefficient (Wildman–Crippen LogP) is 7.07. The lowest BCUT2D eigenvalue weighted by Gasteiger charge is -2.16. The maximum atomic E-state index is 14.3. The Kier molecular flexibility index (Phi) is 7.49. The summed E-state index contributed by atoms with van der Waals surface area (Å²) in [7, 11) is 1.71. The minimum absolute atomic E-state index is 0.0460. The van der Waals surface area contributed by atoms with Crippen molar-refractivity contribution in [2.45, 2.75) is 50.6 Å². The quantitative estimate of drug-likeness (QED) is 0.160. The lowest BCUT2D eigenvalue weighted by molar-refractivity contribution is 0.0776. The third-order valence-electron chi connectivity index (χ3n) is 10.8. The molecule has 2 aromatic carbocycles. The number of H-pyrrole nitrogens is 1. The Morgan fingerprint density at radius 2 is 1.92 bits per heavy atom. The summed E-state index contributed by atoms with van der Waals surface area (Å²) < 4.78 is 14.1. The molecule has 1 aliphatic carbocycles. The Bertz CT molecular complexity index is 2590. The molecule has 5 aromatic heterocycles. The first-order valence-corrected chi connectivity index (χ1v) is 18.7. The number of amides is 1. The third kappa shape index (κ3) is 5.25. The molecule has 0 bridgehead atoms. The fourth-order valence-corrected chi connectivity index (χ4v) is 9.53. The second kappa shape index (κ2) is 12.6. The average molecular weight is 723 g/mol. The molecular weight excluding hydrogens is 689 g/mol. The minimum atomic E-state index is -0.668. The predicted molar refractivity (Wildman–Crippen MR) is 201 cm³/mol. The fourth-order valence-electron chi connectivity index (χ4n) is 8.36. The van der Waals surface area contributed by atoms with Crippen molar-refractivity contribution in [3.05, 3.63) is 123 Å². The minimum Gasteiger partial charge on any atom is -0.496 e. The molecule has 0 saturated carbocycles. The maximum Gasteiger partial charge on any atom is 0.434 e. The molecule has 1 fully saturated rings. The topological polar surface area (TPSA) is 144 Å². The number of nitrogens with zero attached hydrogens (tertiary/aromatic N) is 6. The second-order valence-electron chi connectivity index (χ2n) is 13.7. The van der Waals surface area contributed by atoms with E-state index in [2.05, 4.69) is 44.9 Å². The van der Waals surface area contributed by atoms with Gasteiger partial charge in [0.15, 0.2) is 0 Å². The standard InChI is InChI=1S/C40H34N8O4S/c1-51-30-7-2-5-25-26(30)13-15-27(25)44-37-36-23(16-18-41-37)21-31(53-36)33-32(38-45-46-40(50)52-38)28(43-35-29-6-3-19-47(29)39(49)34(33)35)14-10-22-8-11-24(12-9-22)48-20-4-17-42-48/h2,4-5,7-9,11-12,16-18,20-21,27,29H,3,6,10,13-15,19H2,1H3,(H,41,44)(H,46,50)/t27-,29-/m0/s1. The largest absolute Gasteiger partial charge is 0.496 e. The monoisotopic (exact) mass is 722 g/mol. The molecule has 3 aliphatic rings. The first-order chi connectivity index (χ1) is 26.0. The van der Waals surface area contributed by atoms with Gasteiger partial charge in [0.2, 0.25) is 0 Å². The first kappa shape index (κ1) is 31.6. The van der Waals surface area contributed by atoms with Crippen LogP contribution in [0.25, 0.3) is 37.7 Å². The van der Waals surface area contributed by atoms with Gasteiger partial charge in [-0.1, -0.05) is 24.3 Å². The number of hydrogen-bond acceptors (Lipinski definition) is 10. The van der Waals surface area contributed by atoms with E-state index < -0.39 is 5.76 Å². The smallest absolute Gasteiger partial charge is 0.434 e. The Labute approximate surface area is 307 Å². The zero-order valence-electron chi connectivity index (χ0n) is 28.8. The Balaban J connectivity index is 1.10. The molecular formula is C40H34N8O4S. The summed E-state index contributed by atoms with van der Waals surface area (Å²) in [5, 5.41) is 15.8. The number of pyridine rings is 2. The molecule has 13 heteroatoms. The number of aromatic nitrogens is 6. The maximum absolute atomic E-state index is 14.3. The number of carbonyl (C=O) groups excluding carboxylic acids is 1. The average Bonchev–Trinajstić information content (AvgIpc) is 4.04. The number of anilines is 1. The van der Waals surface area contributed by atoms with Crippen LogP contribution in [-0.4, -0.2) is 54.4 Å². The van der Waals surface area contributed by atoms with Crippen LogP contribution in [-0.2, 0) is 19.3 Å². The summed E-state index contributed by atoms with van der Waals surface area (Å²) in [6.07, 6.45) is 10.3. The molecule has 1 saturated heterocycles. The molecule has 1 amide bonds. The highest BCUT2D eigenvalue weighted by atomic mass is 32.1. The van der Waals surface area contributed by atoms with Crippen LogP contribution in [0, 0.1) is 0 Å². The van der Waals surface area contributed by atoms with Crippen molar-refractivity contribution in [1.82, 2.24) is 34.8 Å². The molecule has 2 aliphatic heterocycles. The molecule has 0 unspecified atom stereocenters. The van der Waals surface area contributed by atoms with Crippen molar-refractivity contribution in [1.29, 1.82) is 0 Å². The molecule has 7 heterocycles. The van der Waals surface area contributed by atoms with Gasteiger partial charge in [0.1, 0.15) is 11.6 Å². The number of nitrogens with one attached hydrogen (secondary N) is 2. The van der Waals surface area contributed by atoms with Crippen molar-refractivity contribution in [2.24, 2.45) is 0 Å². The summed E-state index contributed by atoms with van der Waals surface area (Å²) >= 11 is 1.57. The molecule has 12 nitrogen and oxygen atoms in total. The first-order valence-electron chi connectivity index (χ1n) is 17.9. The molecule has 10 rings (SSSR count). The van der Waals surface area contributed by atoms with E-state index in [9.17, 15) is 9.59 Å². The van der Waals surface area contributed by atoms with Gasteiger partial charge >= 0.3 is 5.76 Å². The van der Waals surface area contributed by atoms with Crippen LogP contribution in [0.15, 0.2) is 88.5 Å². The molecule has 2 N–H and O–H groups in total.